The average Bonchev–Trinajstić information content (AvgIpc) is 0.923. The molecule has 0 aromatic carbocycles. The van der Waals surface area contributed by atoms with Crippen molar-refractivity contribution in [2.75, 3.05) is 39.6 Å². The first-order valence-corrected chi connectivity index (χ1v) is 45.8. The molecule has 0 fully saturated rings. The average molecular weight is 1560 g/mol. The summed E-state index contributed by atoms with van der Waals surface area (Å²) in [6, 6.07) is 0. The summed E-state index contributed by atoms with van der Waals surface area (Å²) < 4.78 is 68.8. The van der Waals surface area contributed by atoms with Gasteiger partial charge >= 0.3 is 39.5 Å². The van der Waals surface area contributed by atoms with Crippen LogP contribution in [0, 0.1) is 0 Å². The molecule has 0 spiro atoms. The van der Waals surface area contributed by atoms with Crippen LogP contribution in [0.3, 0.4) is 0 Å². The predicted octanol–water partition coefficient (Wildman–Crippen LogP) is 25.5. The van der Waals surface area contributed by atoms with Gasteiger partial charge in [0.15, 0.2) is 12.2 Å². The van der Waals surface area contributed by atoms with Gasteiger partial charge in [-0.05, 0) is 141 Å². The number of aliphatic hydroxyl groups is 1. The van der Waals surface area contributed by atoms with Gasteiger partial charge in [0.2, 0.25) is 0 Å². The van der Waals surface area contributed by atoms with Gasteiger partial charge in [0, 0.05) is 25.7 Å². The predicted molar refractivity (Wildman–Crippen MR) is 445 cm³/mol. The highest BCUT2D eigenvalue weighted by Gasteiger charge is 2.30. The fraction of sp³-hybridized carbons (Fsp3) is 0.730. The van der Waals surface area contributed by atoms with Gasteiger partial charge in [-0.3, -0.25) is 37.3 Å². The van der Waals surface area contributed by atoms with Crippen LogP contribution in [0.25, 0.3) is 0 Å². The number of esters is 4. The van der Waals surface area contributed by atoms with Crippen molar-refractivity contribution < 1.29 is 80.2 Å². The van der Waals surface area contributed by atoms with Gasteiger partial charge in [-0.1, -0.05) is 316 Å². The summed E-state index contributed by atoms with van der Waals surface area (Å²) in [7, 11) is -9.98. The molecule has 0 saturated heterocycles. The van der Waals surface area contributed by atoms with Gasteiger partial charge in [-0.2, -0.15) is 0 Å². The third kappa shape index (κ3) is 79.5. The molecule has 0 aromatic heterocycles. The number of ether oxygens (including phenoxy) is 4. The lowest BCUT2D eigenvalue weighted by Crippen LogP contribution is -2.30. The molecule has 622 valence electrons. The number of unbranched alkanes of at least 4 members (excludes halogenated alkanes) is 34. The van der Waals surface area contributed by atoms with E-state index < -0.39 is 97.5 Å². The minimum Gasteiger partial charge on any atom is -0.462 e. The maximum atomic E-state index is 13.1. The molecule has 0 rings (SSSR count). The molecule has 5 atom stereocenters. The highest BCUT2D eigenvalue weighted by atomic mass is 31.2. The molecule has 0 saturated carbocycles. The fourth-order valence-electron chi connectivity index (χ4n) is 11.4. The summed E-state index contributed by atoms with van der Waals surface area (Å²) >= 11 is 0. The number of phosphoric acid groups is 2. The molecule has 0 aliphatic carbocycles. The number of allylic oxidation sites excluding steroid dienone is 20. The van der Waals surface area contributed by atoms with Gasteiger partial charge in [0.05, 0.1) is 26.4 Å². The quantitative estimate of drug-likeness (QED) is 0.0169. The minimum absolute atomic E-state index is 0.0696. The number of carbonyl (C=O) groups excluding carboxylic acids is 4. The molecule has 3 N–H and O–H groups in total. The summed E-state index contributed by atoms with van der Waals surface area (Å²) in [6.45, 7) is 4.70. The van der Waals surface area contributed by atoms with Crippen LogP contribution in [-0.2, 0) is 65.4 Å². The van der Waals surface area contributed by atoms with E-state index in [2.05, 4.69) is 149 Å². The minimum atomic E-state index is -4.99. The zero-order chi connectivity index (χ0) is 78.9. The first kappa shape index (κ1) is 103. The number of hydrogen-bond donors (Lipinski definition) is 3. The zero-order valence-corrected chi connectivity index (χ0v) is 70.0. The molecule has 0 radical (unpaired) electrons. The SMILES string of the molecule is CC/C=C\C/C=C\C/C=C\C/C=C\C/C=C\CCCCCC(=O)OCC(COP(=O)(O)OCC(O)COP(=O)(O)OCC(COC(=O)CCCCCCCC/C=C\C/C=C\C/C=C\CCCCC)OC(=O)CCCCCCCCCCCCCCCCC)OC(=O)CCCCCCC/C=C\C/C=C\CCCCC. The molecule has 0 amide bonds. The van der Waals surface area contributed by atoms with E-state index >= 15 is 0 Å². The fourth-order valence-corrected chi connectivity index (χ4v) is 13.0. The largest absolute Gasteiger partial charge is 0.472 e. The summed E-state index contributed by atoms with van der Waals surface area (Å²) in [5.74, 6) is -2.22. The molecule has 108 heavy (non-hydrogen) atoms. The Morgan fingerprint density at radius 1 is 0.269 bits per heavy atom. The van der Waals surface area contributed by atoms with E-state index in [0.717, 1.165) is 180 Å². The molecule has 0 aromatic rings. The smallest absolute Gasteiger partial charge is 0.462 e. The van der Waals surface area contributed by atoms with Crippen molar-refractivity contribution >= 4 is 39.5 Å². The third-order valence-corrected chi connectivity index (χ3v) is 19.8. The van der Waals surface area contributed by atoms with Crippen molar-refractivity contribution in [3.8, 4) is 0 Å². The Morgan fingerprint density at radius 3 is 0.769 bits per heavy atom. The van der Waals surface area contributed by atoms with Crippen LogP contribution in [0.4, 0.5) is 0 Å². The third-order valence-electron chi connectivity index (χ3n) is 17.9. The van der Waals surface area contributed by atoms with Crippen LogP contribution in [0.2, 0.25) is 0 Å². The van der Waals surface area contributed by atoms with Crippen LogP contribution in [-0.4, -0.2) is 96.7 Å². The Balaban J connectivity index is 5.40. The first-order valence-electron chi connectivity index (χ1n) is 42.8. The van der Waals surface area contributed by atoms with Crippen molar-refractivity contribution in [3.63, 3.8) is 0 Å². The Labute approximate surface area is 657 Å². The van der Waals surface area contributed by atoms with Crippen molar-refractivity contribution in [2.45, 2.75) is 380 Å². The Bertz CT molecular complexity index is 2520. The Morgan fingerprint density at radius 2 is 0.481 bits per heavy atom. The van der Waals surface area contributed by atoms with Crippen molar-refractivity contribution in [2.24, 2.45) is 0 Å². The second-order valence-corrected chi connectivity index (χ2v) is 31.3. The molecule has 0 bridgehead atoms. The number of carbonyl (C=O) groups is 4. The lowest BCUT2D eigenvalue weighted by Gasteiger charge is -2.21. The highest BCUT2D eigenvalue weighted by Crippen LogP contribution is 2.45. The molecule has 0 aliphatic rings. The van der Waals surface area contributed by atoms with Crippen molar-refractivity contribution in [3.05, 3.63) is 122 Å². The molecular formula is C89H154O17P2. The lowest BCUT2D eigenvalue weighted by molar-refractivity contribution is -0.161. The van der Waals surface area contributed by atoms with Crippen LogP contribution in [0.1, 0.15) is 362 Å². The Hall–Kier alpha value is -4.54. The van der Waals surface area contributed by atoms with E-state index in [-0.39, 0.29) is 25.7 Å². The number of phosphoric ester groups is 2. The molecule has 0 aliphatic heterocycles. The van der Waals surface area contributed by atoms with Gasteiger partial charge in [-0.25, -0.2) is 9.13 Å². The normalized spacial score (nSPS) is 14.4. The molecule has 19 heteroatoms. The van der Waals surface area contributed by atoms with Gasteiger partial charge in [0.1, 0.15) is 19.3 Å². The van der Waals surface area contributed by atoms with Crippen molar-refractivity contribution in [1.29, 1.82) is 0 Å². The van der Waals surface area contributed by atoms with E-state index in [9.17, 15) is 43.2 Å². The van der Waals surface area contributed by atoms with Crippen molar-refractivity contribution in [1.82, 2.24) is 0 Å². The maximum absolute atomic E-state index is 13.1. The molecule has 17 nitrogen and oxygen atoms in total. The summed E-state index contributed by atoms with van der Waals surface area (Å²) in [4.78, 5) is 73.2. The van der Waals surface area contributed by atoms with Gasteiger partial charge in [-0.15, -0.1) is 0 Å². The standard InChI is InChI=1S/C89H154O17P2/c1-5-9-13-17-21-25-29-33-37-39-41-43-47-49-53-57-61-65-69-73-86(91)99-79-84(105-88(93)75-71-67-63-59-55-51-45-35-31-27-23-19-15-11-7-3)81-103-107(95,96)101-77-83(90)78-102-108(97,98)104-82-85(106-89(94)76-72-68-64-60-56-52-46-36-32-28-24-20-16-12-8-4)80-100-87(92)74-70-66-62-58-54-50-48-44-42-40-38-34-30-26-22-18-14-10-6-2/h9,13,21-23,25-27,33-35,37-38,41-45,49,53,83-85,90H,5-8,10-12,14-20,24,28-32,36,39-40,46-48,50-52,54-82H2,1-4H3,(H,95,96)(H,97,98)/b13-9-,25-21-,26-22-,27-23-,37-33-,38-34-,43-41-,44-42-,45-35-,53-49-. The molecule has 0 heterocycles. The zero-order valence-electron chi connectivity index (χ0n) is 68.2. The van der Waals surface area contributed by atoms with E-state index in [1.807, 2.05) is 0 Å². The second kappa shape index (κ2) is 80.5. The maximum Gasteiger partial charge on any atom is 0.472 e. The Kier molecular flexibility index (Phi) is 77.1. The molecule has 5 unspecified atom stereocenters. The van der Waals surface area contributed by atoms with E-state index in [0.29, 0.717) is 25.7 Å². The van der Waals surface area contributed by atoms with Crippen LogP contribution in [0.15, 0.2) is 122 Å². The van der Waals surface area contributed by atoms with E-state index in [1.165, 1.54) is 103 Å². The second-order valence-electron chi connectivity index (χ2n) is 28.4. The summed E-state index contributed by atoms with van der Waals surface area (Å²) in [6.07, 6.45) is 90.1. The van der Waals surface area contributed by atoms with Crippen LogP contribution >= 0.6 is 15.6 Å². The molecular weight excluding hydrogens is 1400 g/mol. The van der Waals surface area contributed by atoms with Gasteiger partial charge < -0.3 is 33.8 Å². The summed E-state index contributed by atoms with van der Waals surface area (Å²) in [5, 5.41) is 10.7. The van der Waals surface area contributed by atoms with Crippen LogP contribution in [0.5, 0.6) is 0 Å². The number of rotatable bonds is 80. The van der Waals surface area contributed by atoms with Crippen LogP contribution < -0.4 is 0 Å². The van der Waals surface area contributed by atoms with E-state index in [1.54, 1.807) is 0 Å². The number of hydrogen-bond acceptors (Lipinski definition) is 15. The monoisotopic (exact) mass is 1560 g/mol. The first-order chi connectivity index (χ1) is 52.7. The van der Waals surface area contributed by atoms with E-state index in [4.69, 9.17) is 37.0 Å². The topological polar surface area (TPSA) is 237 Å². The highest BCUT2D eigenvalue weighted by molar-refractivity contribution is 7.47. The van der Waals surface area contributed by atoms with Gasteiger partial charge in [0.25, 0.3) is 0 Å². The lowest BCUT2D eigenvalue weighted by atomic mass is 10.0. The number of aliphatic hydroxyl groups excluding tert-OH is 1. The summed E-state index contributed by atoms with van der Waals surface area (Å²) in [5.41, 5.74) is 0.